The monoisotopic (exact) mass is 318 g/mol. The van der Waals surface area contributed by atoms with Gasteiger partial charge in [-0.15, -0.1) is 0 Å². The van der Waals surface area contributed by atoms with Crippen molar-refractivity contribution in [2.75, 3.05) is 0 Å². The second-order valence-corrected chi connectivity index (χ2v) is 6.48. The minimum absolute atomic E-state index is 0.283. The Bertz CT molecular complexity index is 729. The van der Waals surface area contributed by atoms with Gasteiger partial charge in [0, 0.05) is 12.5 Å². The normalized spacial score (nSPS) is 34.8. The molecule has 0 aromatic carbocycles. The fourth-order valence-electron chi connectivity index (χ4n) is 3.63. The van der Waals surface area contributed by atoms with E-state index in [-0.39, 0.29) is 18.0 Å². The van der Waals surface area contributed by atoms with Gasteiger partial charge in [0.25, 0.3) is 0 Å². The van der Waals surface area contributed by atoms with Crippen LogP contribution >= 0.6 is 0 Å². The second kappa shape index (κ2) is 4.71. The maximum Gasteiger partial charge on any atom is 0.342 e. The van der Waals surface area contributed by atoms with E-state index in [4.69, 9.17) is 18.6 Å². The Hall–Kier alpha value is -2.08. The molecule has 1 aromatic rings. The summed E-state index contributed by atoms with van der Waals surface area (Å²) in [5, 5.41) is 0. The van der Waals surface area contributed by atoms with Crippen LogP contribution in [-0.2, 0) is 23.8 Å². The van der Waals surface area contributed by atoms with Gasteiger partial charge in [-0.2, -0.15) is 0 Å². The maximum absolute atomic E-state index is 12.3. The summed E-state index contributed by atoms with van der Waals surface area (Å²) in [7, 11) is 0. The molecule has 4 atom stereocenters. The summed E-state index contributed by atoms with van der Waals surface area (Å²) in [6, 6.07) is 0. The lowest BCUT2D eigenvalue weighted by atomic mass is 9.90. The van der Waals surface area contributed by atoms with Crippen LogP contribution in [-0.4, -0.2) is 29.7 Å². The molecule has 122 valence electrons. The Morgan fingerprint density at radius 3 is 2.87 bits per heavy atom. The molecule has 4 rings (SSSR count). The number of aryl methyl sites for hydroxylation is 1. The van der Waals surface area contributed by atoms with E-state index in [0.717, 1.165) is 16.7 Å². The van der Waals surface area contributed by atoms with Gasteiger partial charge in [-0.05, 0) is 43.9 Å². The van der Waals surface area contributed by atoms with Crippen LogP contribution in [0.1, 0.15) is 49.7 Å². The number of carbonyl (C=O) groups excluding carboxylic acids is 2. The van der Waals surface area contributed by atoms with Gasteiger partial charge in [0.15, 0.2) is 11.7 Å². The van der Waals surface area contributed by atoms with E-state index >= 15 is 0 Å². The topological polar surface area (TPSA) is 78.3 Å². The first-order valence-electron chi connectivity index (χ1n) is 7.74. The predicted octanol–water partition coefficient (Wildman–Crippen LogP) is 2.45. The first kappa shape index (κ1) is 14.5. The van der Waals surface area contributed by atoms with E-state index in [9.17, 15) is 9.59 Å². The number of fused-ring (bicyclic) bond motifs is 2. The number of furan rings is 1. The Kier molecular flexibility index (Phi) is 2.97. The van der Waals surface area contributed by atoms with Crippen molar-refractivity contribution in [2.24, 2.45) is 0 Å². The predicted molar refractivity (Wildman–Crippen MR) is 78.3 cm³/mol. The standard InChI is InChI=1S/C17H18O6/c1-8-6-12-13(9(2)7-20-12)14-15-17(23-15,16(19)22-14)5-4-11(8)21-10(3)18/h6-7,11,14-15H,4-5H2,1-3H3. The zero-order valence-electron chi connectivity index (χ0n) is 13.3. The lowest BCUT2D eigenvalue weighted by molar-refractivity contribution is -0.154. The van der Waals surface area contributed by atoms with Crippen LogP contribution in [0.25, 0.3) is 6.08 Å². The van der Waals surface area contributed by atoms with Crippen molar-refractivity contribution in [3.8, 4) is 0 Å². The third-order valence-corrected chi connectivity index (χ3v) is 4.88. The highest BCUT2D eigenvalue weighted by Gasteiger charge is 2.73. The number of rotatable bonds is 1. The van der Waals surface area contributed by atoms with E-state index in [1.165, 1.54) is 6.92 Å². The maximum atomic E-state index is 12.3. The zero-order valence-corrected chi connectivity index (χ0v) is 13.3. The van der Waals surface area contributed by atoms with Gasteiger partial charge in [0.05, 0.1) is 6.26 Å². The van der Waals surface area contributed by atoms with Gasteiger partial charge in [-0.1, -0.05) is 0 Å². The average Bonchev–Trinajstić information content (AvgIpc) is 3.03. The SMILES string of the molecule is CC(=O)OC1CCC23OC2C(OC3=O)c2c(C)coc2C=C1C. The molecular weight excluding hydrogens is 300 g/mol. The molecule has 1 aromatic heterocycles. The van der Waals surface area contributed by atoms with Crippen LogP contribution in [0, 0.1) is 6.92 Å². The molecular formula is C17H18O6. The van der Waals surface area contributed by atoms with E-state index in [1.807, 2.05) is 19.9 Å². The number of carbonyl (C=O) groups is 2. The fourth-order valence-corrected chi connectivity index (χ4v) is 3.63. The summed E-state index contributed by atoms with van der Waals surface area (Å²) >= 11 is 0. The molecule has 2 saturated heterocycles. The fraction of sp³-hybridized carbons (Fsp3) is 0.529. The van der Waals surface area contributed by atoms with E-state index in [2.05, 4.69) is 0 Å². The van der Waals surface area contributed by atoms with Crippen LogP contribution in [0.15, 0.2) is 16.3 Å². The summed E-state index contributed by atoms with van der Waals surface area (Å²) in [6.45, 7) is 5.19. The van der Waals surface area contributed by atoms with E-state index in [1.54, 1.807) is 6.26 Å². The first-order valence-corrected chi connectivity index (χ1v) is 7.74. The van der Waals surface area contributed by atoms with Gasteiger partial charge >= 0.3 is 11.9 Å². The molecule has 0 spiro atoms. The lowest BCUT2D eigenvalue weighted by Crippen LogP contribution is -2.26. The summed E-state index contributed by atoms with van der Waals surface area (Å²) in [6.07, 6.45) is 3.37. The van der Waals surface area contributed by atoms with Crippen molar-refractivity contribution < 1.29 is 28.2 Å². The molecule has 2 bridgehead atoms. The molecule has 0 amide bonds. The Balaban J connectivity index is 1.81. The summed E-state index contributed by atoms with van der Waals surface area (Å²) in [5.74, 6) is -0.0587. The number of hydrogen-bond donors (Lipinski definition) is 0. The molecule has 2 fully saturated rings. The molecule has 0 radical (unpaired) electrons. The quantitative estimate of drug-likeness (QED) is 0.584. The lowest BCUT2D eigenvalue weighted by Gasteiger charge is -2.19. The minimum atomic E-state index is -0.887. The Labute approximate surface area is 133 Å². The smallest absolute Gasteiger partial charge is 0.342 e. The van der Waals surface area contributed by atoms with Crippen molar-refractivity contribution in [3.63, 3.8) is 0 Å². The van der Waals surface area contributed by atoms with Crippen LogP contribution in [0.4, 0.5) is 0 Å². The van der Waals surface area contributed by atoms with Crippen LogP contribution in [0.3, 0.4) is 0 Å². The molecule has 23 heavy (non-hydrogen) atoms. The number of esters is 2. The molecule has 3 aliphatic rings. The van der Waals surface area contributed by atoms with Crippen LogP contribution in [0.5, 0.6) is 0 Å². The first-order chi connectivity index (χ1) is 10.9. The zero-order chi connectivity index (χ0) is 16.4. The van der Waals surface area contributed by atoms with E-state index in [0.29, 0.717) is 18.6 Å². The largest absolute Gasteiger partial charge is 0.464 e. The molecule has 0 saturated carbocycles. The molecule has 4 unspecified atom stereocenters. The van der Waals surface area contributed by atoms with Gasteiger partial charge in [-0.25, -0.2) is 4.79 Å². The van der Waals surface area contributed by atoms with Gasteiger partial charge in [-0.3, -0.25) is 4.79 Å². The van der Waals surface area contributed by atoms with Gasteiger partial charge < -0.3 is 18.6 Å². The van der Waals surface area contributed by atoms with Gasteiger partial charge in [0.2, 0.25) is 0 Å². The number of hydrogen-bond acceptors (Lipinski definition) is 6. The Morgan fingerprint density at radius 2 is 2.17 bits per heavy atom. The number of epoxide rings is 1. The molecule has 2 aliphatic heterocycles. The third kappa shape index (κ3) is 2.05. The van der Waals surface area contributed by atoms with Crippen molar-refractivity contribution in [1.82, 2.24) is 0 Å². The second-order valence-electron chi connectivity index (χ2n) is 6.48. The minimum Gasteiger partial charge on any atom is -0.464 e. The Morgan fingerprint density at radius 1 is 1.39 bits per heavy atom. The van der Waals surface area contributed by atoms with Crippen molar-refractivity contribution >= 4 is 18.0 Å². The molecule has 6 heteroatoms. The summed E-state index contributed by atoms with van der Waals surface area (Å²) < 4.78 is 22.3. The van der Waals surface area contributed by atoms with Crippen LogP contribution < -0.4 is 0 Å². The highest BCUT2D eigenvalue weighted by atomic mass is 16.7. The molecule has 1 aliphatic carbocycles. The molecule has 3 heterocycles. The summed E-state index contributed by atoms with van der Waals surface area (Å²) in [5.41, 5.74) is 1.74. The van der Waals surface area contributed by atoms with Crippen LogP contribution in [0.2, 0.25) is 0 Å². The van der Waals surface area contributed by atoms with Crippen molar-refractivity contribution in [2.45, 2.75) is 57.5 Å². The average molecular weight is 318 g/mol. The van der Waals surface area contributed by atoms with E-state index < -0.39 is 17.8 Å². The van der Waals surface area contributed by atoms with Crippen molar-refractivity contribution in [1.29, 1.82) is 0 Å². The highest BCUT2D eigenvalue weighted by molar-refractivity contribution is 5.87. The summed E-state index contributed by atoms with van der Waals surface area (Å²) in [4.78, 5) is 23.7. The molecule has 6 nitrogen and oxygen atoms in total. The third-order valence-electron chi connectivity index (χ3n) is 4.88. The van der Waals surface area contributed by atoms with Gasteiger partial charge in [0.1, 0.15) is 18.0 Å². The number of ether oxygens (including phenoxy) is 3. The highest BCUT2D eigenvalue weighted by Crippen LogP contribution is 2.57. The van der Waals surface area contributed by atoms with Crippen molar-refractivity contribution in [3.05, 3.63) is 28.7 Å². The molecule has 0 N–H and O–H groups in total.